The maximum Gasteiger partial charge on any atom is 0.220 e. The summed E-state index contributed by atoms with van der Waals surface area (Å²) in [5.41, 5.74) is 1.07. The molecule has 92 valence electrons. The summed E-state index contributed by atoms with van der Waals surface area (Å²) in [4.78, 5) is 23.3. The van der Waals surface area contributed by atoms with Crippen molar-refractivity contribution in [2.24, 2.45) is 0 Å². The fourth-order valence-corrected chi connectivity index (χ4v) is 1.73. The summed E-state index contributed by atoms with van der Waals surface area (Å²) in [6.45, 7) is 2.01. The van der Waals surface area contributed by atoms with Gasteiger partial charge in [-0.1, -0.05) is 12.1 Å². The Hall–Kier alpha value is -1.29. The van der Waals surface area contributed by atoms with E-state index in [1.807, 2.05) is 30.5 Å². The van der Waals surface area contributed by atoms with Crippen LogP contribution in [0.5, 0.6) is 0 Å². The van der Waals surface area contributed by atoms with Crippen LogP contribution in [0.1, 0.15) is 25.3 Å². The Kier molecular flexibility index (Phi) is 5.77. The van der Waals surface area contributed by atoms with Crippen LogP contribution in [0, 0.1) is 0 Å². The number of Topliss-reactive ketones (excluding diaryl/α,β-unsaturated/α-hetero) is 1. The van der Waals surface area contributed by atoms with Crippen molar-refractivity contribution in [3.8, 4) is 0 Å². The molecule has 0 aromatic heterocycles. The third-order valence-electron chi connectivity index (χ3n) is 2.35. The molecule has 1 N–H and O–H groups in total. The van der Waals surface area contributed by atoms with Crippen LogP contribution in [0.15, 0.2) is 29.2 Å². The minimum Gasteiger partial charge on any atom is -0.352 e. The number of ketones is 1. The van der Waals surface area contributed by atoms with Crippen molar-refractivity contribution in [1.82, 2.24) is 5.32 Å². The van der Waals surface area contributed by atoms with E-state index in [1.54, 1.807) is 11.8 Å². The fourth-order valence-electron chi connectivity index (χ4n) is 1.32. The molecule has 0 radical (unpaired) electrons. The second-order valence-corrected chi connectivity index (χ2v) is 4.71. The highest BCUT2D eigenvalue weighted by atomic mass is 32.2. The topological polar surface area (TPSA) is 46.2 Å². The van der Waals surface area contributed by atoms with Gasteiger partial charge in [-0.2, -0.15) is 0 Å². The third kappa shape index (κ3) is 5.54. The van der Waals surface area contributed by atoms with Crippen LogP contribution in [-0.2, 0) is 16.1 Å². The molecule has 0 spiro atoms. The minimum atomic E-state index is -0.0749. The van der Waals surface area contributed by atoms with Gasteiger partial charge >= 0.3 is 0 Å². The van der Waals surface area contributed by atoms with Gasteiger partial charge in [-0.05, 0) is 30.9 Å². The zero-order valence-corrected chi connectivity index (χ0v) is 11.0. The Morgan fingerprint density at radius 3 is 2.35 bits per heavy atom. The van der Waals surface area contributed by atoms with E-state index in [1.165, 1.54) is 11.8 Å². The average Bonchev–Trinajstić information content (AvgIpc) is 2.34. The van der Waals surface area contributed by atoms with Crippen LogP contribution in [-0.4, -0.2) is 17.9 Å². The molecule has 1 aromatic rings. The summed E-state index contributed by atoms with van der Waals surface area (Å²) in [5.74, 6) is -0.0291. The standard InChI is InChI=1S/C13H17NO2S/c1-10(15)3-8-13(16)14-9-11-4-6-12(17-2)7-5-11/h4-7H,3,8-9H2,1-2H3,(H,14,16). The molecular weight excluding hydrogens is 234 g/mol. The van der Waals surface area contributed by atoms with Crippen molar-refractivity contribution >= 4 is 23.5 Å². The van der Waals surface area contributed by atoms with Crippen LogP contribution < -0.4 is 5.32 Å². The first-order valence-corrected chi connectivity index (χ1v) is 6.73. The summed E-state index contributed by atoms with van der Waals surface area (Å²) in [6.07, 6.45) is 2.62. The molecule has 0 saturated heterocycles. The number of hydrogen-bond acceptors (Lipinski definition) is 3. The normalized spacial score (nSPS) is 10.0. The lowest BCUT2D eigenvalue weighted by atomic mass is 10.2. The average molecular weight is 251 g/mol. The smallest absolute Gasteiger partial charge is 0.220 e. The lowest BCUT2D eigenvalue weighted by molar-refractivity contribution is -0.124. The van der Waals surface area contributed by atoms with Crippen molar-refractivity contribution in [1.29, 1.82) is 0 Å². The van der Waals surface area contributed by atoms with E-state index >= 15 is 0 Å². The van der Waals surface area contributed by atoms with Gasteiger partial charge in [-0.3, -0.25) is 4.79 Å². The summed E-state index contributed by atoms with van der Waals surface area (Å²) >= 11 is 1.69. The number of carbonyl (C=O) groups excluding carboxylic acids is 2. The van der Waals surface area contributed by atoms with Gasteiger partial charge in [0.1, 0.15) is 5.78 Å². The van der Waals surface area contributed by atoms with Crippen LogP contribution in [0.4, 0.5) is 0 Å². The molecule has 0 bridgehead atoms. The molecule has 1 amide bonds. The summed E-state index contributed by atoms with van der Waals surface area (Å²) in [7, 11) is 0. The molecule has 3 nitrogen and oxygen atoms in total. The van der Waals surface area contributed by atoms with Gasteiger partial charge < -0.3 is 10.1 Å². The van der Waals surface area contributed by atoms with Crippen molar-refractivity contribution < 1.29 is 9.59 Å². The number of rotatable bonds is 6. The van der Waals surface area contributed by atoms with Crippen LogP contribution in [0.25, 0.3) is 0 Å². The van der Waals surface area contributed by atoms with Crippen molar-refractivity contribution in [2.75, 3.05) is 6.26 Å². The van der Waals surface area contributed by atoms with Crippen LogP contribution in [0.3, 0.4) is 0 Å². The number of nitrogens with one attached hydrogen (secondary N) is 1. The molecule has 0 aliphatic carbocycles. The molecule has 0 aliphatic heterocycles. The van der Waals surface area contributed by atoms with Crippen LogP contribution in [0.2, 0.25) is 0 Å². The van der Waals surface area contributed by atoms with Crippen molar-refractivity contribution in [3.05, 3.63) is 29.8 Å². The molecule has 4 heteroatoms. The highest BCUT2D eigenvalue weighted by Crippen LogP contribution is 2.14. The molecule has 1 rings (SSSR count). The zero-order chi connectivity index (χ0) is 12.7. The summed E-state index contributed by atoms with van der Waals surface area (Å²) in [6, 6.07) is 8.05. The van der Waals surface area contributed by atoms with Gasteiger partial charge in [0.05, 0.1) is 0 Å². The Bertz CT molecular complexity index is 387. The number of thioether (sulfide) groups is 1. The Balaban J connectivity index is 2.34. The lowest BCUT2D eigenvalue weighted by Crippen LogP contribution is -2.22. The maximum atomic E-state index is 11.4. The van der Waals surface area contributed by atoms with Crippen LogP contribution >= 0.6 is 11.8 Å². The molecule has 0 aliphatic rings. The van der Waals surface area contributed by atoms with Crippen molar-refractivity contribution in [2.45, 2.75) is 31.2 Å². The Morgan fingerprint density at radius 1 is 1.18 bits per heavy atom. The van der Waals surface area contributed by atoms with E-state index < -0.39 is 0 Å². The van der Waals surface area contributed by atoms with E-state index in [-0.39, 0.29) is 18.1 Å². The zero-order valence-electron chi connectivity index (χ0n) is 10.2. The first-order valence-electron chi connectivity index (χ1n) is 5.51. The monoisotopic (exact) mass is 251 g/mol. The first-order chi connectivity index (χ1) is 8.11. The molecular formula is C13H17NO2S. The first kappa shape index (κ1) is 13.8. The van der Waals surface area contributed by atoms with E-state index in [0.717, 1.165) is 5.56 Å². The van der Waals surface area contributed by atoms with E-state index in [2.05, 4.69) is 5.32 Å². The molecule has 1 aromatic carbocycles. The number of carbonyl (C=O) groups is 2. The van der Waals surface area contributed by atoms with Crippen molar-refractivity contribution in [3.63, 3.8) is 0 Å². The number of hydrogen-bond donors (Lipinski definition) is 1. The predicted octanol–water partition coefficient (Wildman–Crippen LogP) is 2.39. The number of benzene rings is 1. The molecule has 0 fully saturated rings. The van der Waals surface area contributed by atoms with Gasteiger partial charge in [-0.25, -0.2) is 0 Å². The molecule has 0 atom stereocenters. The maximum absolute atomic E-state index is 11.4. The SMILES string of the molecule is CSc1ccc(CNC(=O)CCC(C)=O)cc1. The summed E-state index contributed by atoms with van der Waals surface area (Å²) in [5, 5.41) is 2.79. The van der Waals surface area contributed by atoms with Gasteiger partial charge in [0.15, 0.2) is 0 Å². The van der Waals surface area contributed by atoms with Gasteiger partial charge in [-0.15, -0.1) is 11.8 Å². The lowest BCUT2D eigenvalue weighted by Gasteiger charge is -2.05. The Morgan fingerprint density at radius 2 is 1.82 bits per heavy atom. The second kappa shape index (κ2) is 7.12. The largest absolute Gasteiger partial charge is 0.352 e. The quantitative estimate of drug-likeness (QED) is 0.790. The predicted molar refractivity (Wildman–Crippen MR) is 70.0 cm³/mol. The van der Waals surface area contributed by atoms with E-state index in [9.17, 15) is 9.59 Å². The van der Waals surface area contributed by atoms with E-state index in [4.69, 9.17) is 0 Å². The third-order valence-corrected chi connectivity index (χ3v) is 3.10. The Labute approximate surface area is 106 Å². The second-order valence-electron chi connectivity index (χ2n) is 3.83. The number of amides is 1. The highest BCUT2D eigenvalue weighted by molar-refractivity contribution is 7.98. The molecule has 0 saturated carbocycles. The minimum absolute atomic E-state index is 0.0458. The fraction of sp³-hybridized carbons (Fsp3) is 0.385. The van der Waals surface area contributed by atoms with Gasteiger partial charge in [0, 0.05) is 24.3 Å². The van der Waals surface area contributed by atoms with Gasteiger partial charge in [0.2, 0.25) is 5.91 Å². The molecule has 0 unspecified atom stereocenters. The van der Waals surface area contributed by atoms with Gasteiger partial charge in [0.25, 0.3) is 0 Å². The molecule has 0 heterocycles. The highest BCUT2D eigenvalue weighted by Gasteiger charge is 2.03. The van der Waals surface area contributed by atoms with E-state index in [0.29, 0.717) is 13.0 Å². The summed E-state index contributed by atoms with van der Waals surface area (Å²) < 4.78 is 0. The molecule has 17 heavy (non-hydrogen) atoms.